The standard InChI is InChI=1S/C14H20N2OS2/c1-4-12-13(9-17)19-14(15-12)16(3)10(2)8-11-6-5-7-18-11/h5-7,10,17H,4,8-9H2,1-3H3. The maximum atomic E-state index is 9.34. The number of anilines is 1. The van der Waals surface area contributed by atoms with Crippen LogP contribution in [0.2, 0.25) is 0 Å². The minimum atomic E-state index is 0.0913. The number of rotatable bonds is 6. The lowest BCUT2D eigenvalue weighted by Crippen LogP contribution is -2.30. The molecule has 0 amide bonds. The van der Waals surface area contributed by atoms with Gasteiger partial charge in [0.05, 0.1) is 17.2 Å². The van der Waals surface area contributed by atoms with Gasteiger partial charge in [-0.05, 0) is 24.8 Å². The summed E-state index contributed by atoms with van der Waals surface area (Å²) in [4.78, 5) is 9.24. The van der Waals surface area contributed by atoms with Crippen LogP contribution in [0.4, 0.5) is 5.13 Å². The zero-order valence-electron chi connectivity index (χ0n) is 11.6. The third-order valence-electron chi connectivity index (χ3n) is 3.29. The van der Waals surface area contributed by atoms with E-state index in [1.165, 1.54) is 4.88 Å². The van der Waals surface area contributed by atoms with Crippen molar-refractivity contribution in [2.45, 2.75) is 39.3 Å². The summed E-state index contributed by atoms with van der Waals surface area (Å²) in [5.74, 6) is 0. The Balaban J connectivity index is 2.09. The molecule has 0 saturated carbocycles. The van der Waals surface area contributed by atoms with Gasteiger partial charge in [0, 0.05) is 24.4 Å². The van der Waals surface area contributed by atoms with Crippen molar-refractivity contribution in [3.63, 3.8) is 0 Å². The van der Waals surface area contributed by atoms with Crippen LogP contribution in [-0.4, -0.2) is 23.2 Å². The number of hydrogen-bond donors (Lipinski definition) is 1. The Morgan fingerprint density at radius 1 is 1.47 bits per heavy atom. The van der Waals surface area contributed by atoms with Crippen molar-refractivity contribution in [3.8, 4) is 0 Å². The molecule has 1 unspecified atom stereocenters. The molecule has 0 saturated heterocycles. The van der Waals surface area contributed by atoms with Gasteiger partial charge >= 0.3 is 0 Å². The van der Waals surface area contributed by atoms with Crippen molar-refractivity contribution in [2.75, 3.05) is 11.9 Å². The molecule has 0 bridgehead atoms. The van der Waals surface area contributed by atoms with Gasteiger partial charge in [-0.1, -0.05) is 24.3 Å². The van der Waals surface area contributed by atoms with E-state index in [1.807, 2.05) is 0 Å². The number of aliphatic hydroxyl groups excluding tert-OH is 1. The van der Waals surface area contributed by atoms with Crippen molar-refractivity contribution >= 4 is 27.8 Å². The van der Waals surface area contributed by atoms with E-state index < -0.39 is 0 Å². The zero-order chi connectivity index (χ0) is 13.8. The van der Waals surface area contributed by atoms with Gasteiger partial charge in [0.2, 0.25) is 0 Å². The molecule has 0 aliphatic rings. The second-order valence-corrected chi connectivity index (χ2v) is 6.72. The maximum absolute atomic E-state index is 9.34. The van der Waals surface area contributed by atoms with E-state index >= 15 is 0 Å². The van der Waals surface area contributed by atoms with Crippen LogP contribution in [0.5, 0.6) is 0 Å². The van der Waals surface area contributed by atoms with Crippen molar-refractivity contribution in [1.29, 1.82) is 0 Å². The number of nitrogens with zero attached hydrogens (tertiary/aromatic N) is 2. The zero-order valence-corrected chi connectivity index (χ0v) is 13.2. The van der Waals surface area contributed by atoms with Crippen LogP contribution >= 0.6 is 22.7 Å². The van der Waals surface area contributed by atoms with Crippen molar-refractivity contribution in [1.82, 2.24) is 4.98 Å². The van der Waals surface area contributed by atoms with E-state index in [4.69, 9.17) is 0 Å². The van der Waals surface area contributed by atoms with Crippen LogP contribution in [-0.2, 0) is 19.4 Å². The highest BCUT2D eigenvalue weighted by Crippen LogP contribution is 2.28. The van der Waals surface area contributed by atoms with Gasteiger partial charge in [-0.15, -0.1) is 11.3 Å². The molecule has 0 fully saturated rings. The smallest absolute Gasteiger partial charge is 0.185 e. The summed E-state index contributed by atoms with van der Waals surface area (Å²) in [6.07, 6.45) is 1.91. The summed E-state index contributed by atoms with van der Waals surface area (Å²) < 4.78 is 0. The molecule has 2 aromatic heterocycles. The van der Waals surface area contributed by atoms with Crippen molar-refractivity contribution in [3.05, 3.63) is 33.0 Å². The Kier molecular flexibility index (Phi) is 4.96. The quantitative estimate of drug-likeness (QED) is 0.888. The highest BCUT2D eigenvalue weighted by Gasteiger charge is 2.17. The van der Waals surface area contributed by atoms with E-state index in [1.54, 1.807) is 22.7 Å². The van der Waals surface area contributed by atoms with Gasteiger partial charge in [0.25, 0.3) is 0 Å². The Morgan fingerprint density at radius 2 is 2.26 bits per heavy atom. The molecule has 2 aromatic rings. The van der Waals surface area contributed by atoms with Crippen LogP contribution in [0.25, 0.3) is 0 Å². The van der Waals surface area contributed by atoms with Gasteiger partial charge < -0.3 is 10.0 Å². The van der Waals surface area contributed by atoms with E-state index in [0.29, 0.717) is 6.04 Å². The average Bonchev–Trinajstić information content (AvgIpc) is 3.05. The normalized spacial score (nSPS) is 12.6. The highest BCUT2D eigenvalue weighted by atomic mass is 32.1. The number of aliphatic hydroxyl groups is 1. The van der Waals surface area contributed by atoms with Crippen LogP contribution in [0.3, 0.4) is 0 Å². The lowest BCUT2D eigenvalue weighted by Gasteiger charge is -2.23. The number of aromatic nitrogens is 1. The monoisotopic (exact) mass is 296 g/mol. The summed E-state index contributed by atoms with van der Waals surface area (Å²) >= 11 is 3.40. The fourth-order valence-electron chi connectivity index (χ4n) is 1.97. The molecule has 3 nitrogen and oxygen atoms in total. The molecule has 2 heterocycles. The first-order valence-electron chi connectivity index (χ1n) is 6.50. The fourth-order valence-corrected chi connectivity index (χ4v) is 3.86. The Bertz CT molecular complexity index is 486. The fraction of sp³-hybridized carbons (Fsp3) is 0.500. The number of hydrogen-bond acceptors (Lipinski definition) is 5. The molecule has 0 aliphatic carbocycles. The van der Waals surface area contributed by atoms with Crippen LogP contribution in [0, 0.1) is 0 Å². The minimum Gasteiger partial charge on any atom is -0.391 e. The van der Waals surface area contributed by atoms with Crippen LogP contribution < -0.4 is 4.90 Å². The van der Waals surface area contributed by atoms with Gasteiger partial charge in [0.15, 0.2) is 5.13 Å². The molecule has 2 rings (SSSR count). The van der Waals surface area contributed by atoms with Crippen LogP contribution in [0.15, 0.2) is 17.5 Å². The number of thiophene rings is 1. The number of aryl methyl sites for hydroxylation is 1. The minimum absolute atomic E-state index is 0.0913. The van der Waals surface area contributed by atoms with Gasteiger partial charge in [0.1, 0.15) is 0 Å². The van der Waals surface area contributed by atoms with E-state index in [2.05, 4.69) is 48.3 Å². The third-order valence-corrected chi connectivity index (χ3v) is 5.36. The second-order valence-electron chi connectivity index (χ2n) is 4.62. The van der Waals surface area contributed by atoms with Crippen molar-refractivity contribution < 1.29 is 5.11 Å². The second kappa shape index (κ2) is 6.50. The first kappa shape index (κ1) is 14.5. The van der Waals surface area contributed by atoms with E-state index in [9.17, 15) is 5.11 Å². The lowest BCUT2D eigenvalue weighted by molar-refractivity contribution is 0.284. The van der Waals surface area contributed by atoms with Crippen molar-refractivity contribution in [2.24, 2.45) is 0 Å². The first-order chi connectivity index (χ1) is 9.15. The summed E-state index contributed by atoms with van der Waals surface area (Å²) in [5, 5.41) is 12.5. The van der Waals surface area contributed by atoms with Gasteiger partial charge in [-0.2, -0.15) is 0 Å². The first-order valence-corrected chi connectivity index (χ1v) is 8.20. The van der Waals surface area contributed by atoms with Crippen LogP contribution in [0.1, 0.15) is 29.3 Å². The molecule has 0 aromatic carbocycles. The Morgan fingerprint density at radius 3 is 2.79 bits per heavy atom. The summed E-state index contributed by atoms with van der Waals surface area (Å²) in [6, 6.07) is 4.67. The van der Waals surface area contributed by atoms with Gasteiger partial charge in [-0.25, -0.2) is 4.98 Å². The van der Waals surface area contributed by atoms with E-state index in [-0.39, 0.29) is 6.61 Å². The topological polar surface area (TPSA) is 36.4 Å². The molecule has 0 spiro atoms. The third kappa shape index (κ3) is 3.35. The Labute approximate surface area is 122 Å². The molecule has 0 radical (unpaired) electrons. The SMILES string of the molecule is CCc1nc(N(C)C(C)Cc2cccs2)sc1CO. The molecule has 104 valence electrons. The summed E-state index contributed by atoms with van der Waals surface area (Å²) in [7, 11) is 2.08. The Hall–Kier alpha value is -0.910. The van der Waals surface area contributed by atoms with Gasteiger partial charge in [-0.3, -0.25) is 0 Å². The molecule has 1 atom stereocenters. The maximum Gasteiger partial charge on any atom is 0.185 e. The predicted molar refractivity (Wildman–Crippen MR) is 83.3 cm³/mol. The predicted octanol–water partition coefficient (Wildman–Crippen LogP) is 3.33. The average molecular weight is 296 g/mol. The number of thiazole rings is 1. The lowest BCUT2D eigenvalue weighted by atomic mass is 10.2. The molecule has 19 heavy (non-hydrogen) atoms. The molecule has 5 heteroatoms. The van der Waals surface area contributed by atoms with E-state index in [0.717, 1.165) is 28.5 Å². The molecule has 1 N–H and O–H groups in total. The molecular weight excluding hydrogens is 276 g/mol. The molecule has 0 aliphatic heterocycles. The highest BCUT2D eigenvalue weighted by molar-refractivity contribution is 7.15. The number of likely N-dealkylation sites (N-methyl/N-ethyl adjacent to an activating group) is 1. The summed E-state index contributed by atoms with van der Waals surface area (Å²) in [6.45, 7) is 4.38. The summed E-state index contributed by atoms with van der Waals surface area (Å²) in [5.41, 5.74) is 1.03. The largest absolute Gasteiger partial charge is 0.391 e. The molecular formula is C14H20N2OS2.